The van der Waals surface area contributed by atoms with Crippen molar-refractivity contribution >= 4 is 34.9 Å². The molecule has 0 saturated heterocycles. The van der Waals surface area contributed by atoms with Gasteiger partial charge in [0.05, 0.1) is 17.5 Å². The van der Waals surface area contributed by atoms with Crippen molar-refractivity contribution in [3.8, 4) is 6.07 Å². The average molecular weight is 455 g/mol. The van der Waals surface area contributed by atoms with Crippen LogP contribution < -0.4 is 28.4 Å². The Balaban J connectivity index is 3.05. The Bertz CT molecular complexity index is 948. The number of unbranched alkanes of at least 4 members (excludes halogenated alkanes) is 6. The molecule has 0 saturated carbocycles. The Labute approximate surface area is 194 Å². The Hall–Kier alpha value is -3.94. The molecule has 0 unspecified atom stereocenters. The van der Waals surface area contributed by atoms with Gasteiger partial charge in [-0.3, -0.25) is 10.2 Å². The Morgan fingerprint density at radius 2 is 1.55 bits per heavy atom. The number of ketones is 1. The molecule has 0 aromatic heterocycles. The maximum Gasteiger partial charge on any atom is 0.211 e. The SMILES string of the molecule is CC(=O)c1cc(N=C(CCCCCCCCC#N)NN=C(N)N)cc(C(C)=NN=C(N)N)c1. The van der Waals surface area contributed by atoms with E-state index in [1.165, 1.54) is 6.92 Å². The van der Waals surface area contributed by atoms with Crippen LogP contribution >= 0.6 is 0 Å². The molecule has 178 valence electrons. The molecule has 0 bridgehead atoms. The summed E-state index contributed by atoms with van der Waals surface area (Å²) in [4.78, 5) is 16.7. The number of nitrogens with two attached hydrogens (primary N) is 4. The van der Waals surface area contributed by atoms with Crippen molar-refractivity contribution in [3.05, 3.63) is 29.3 Å². The van der Waals surface area contributed by atoms with E-state index < -0.39 is 0 Å². The second kappa shape index (κ2) is 15.0. The summed E-state index contributed by atoms with van der Waals surface area (Å²) in [5.74, 6) is 0.180. The van der Waals surface area contributed by atoms with E-state index in [0.717, 1.165) is 38.5 Å². The fourth-order valence-corrected chi connectivity index (χ4v) is 2.90. The van der Waals surface area contributed by atoms with Crippen LogP contribution in [0.5, 0.6) is 0 Å². The normalized spacial score (nSPS) is 11.4. The van der Waals surface area contributed by atoms with Crippen LogP contribution in [0, 0.1) is 11.3 Å². The van der Waals surface area contributed by atoms with Gasteiger partial charge in [0.1, 0.15) is 5.84 Å². The lowest BCUT2D eigenvalue weighted by Gasteiger charge is -2.09. The third-order valence-corrected chi connectivity index (χ3v) is 4.59. The molecular formula is C22H34N10O. The summed E-state index contributed by atoms with van der Waals surface area (Å²) in [6.07, 6.45) is 7.29. The van der Waals surface area contributed by atoms with Gasteiger partial charge in [0.2, 0.25) is 11.9 Å². The standard InChI is InChI=1S/C22H34N10O/c1-15(29-31-21(24)25)17-12-18(16(2)33)14-19(13-17)28-20(30-32-22(26)27)10-8-6-4-3-5-7-9-11-23/h12-14H,3-10H2,1-2H3,(H,28,30)(H4,24,25,31)(H4,26,27,32). The molecule has 0 spiro atoms. The molecule has 1 aromatic rings. The fourth-order valence-electron chi connectivity index (χ4n) is 2.90. The minimum absolute atomic E-state index is 0.112. The van der Waals surface area contributed by atoms with Crippen LogP contribution in [-0.2, 0) is 0 Å². The van der Waals surface area contributed by atoms with E-state index in [9.17, 15) is 4.79 Å². The van der Waals surface area contributed by atoms with E-state index in [-0.39, 0.29) is 17.7 Å². The number of nitrogens with one attached hydrogen (secondary N) is 1. The summed E-state index contributed by atoms with van der Waals surface area (Å²) in [7, 11) is 0. The molecule has 33 heavy (non-hydrogen) atoms. The fraction of sp³-hybridized carbons (Fsp3) is 0.455. The quantitative estimate of drug-likeness (QED) is 0.0986. The van der Waals surface area contributed by atoms with Gasteiger partial charge in [0.15, 0.2) is 5.78 Å². The number of amidine groups is 1. The van der Waals surface area contributed by atoms with Gasteiger partial charge in [-0.2, -0.15) is 10.4 Å². The van der Waals surface area contributed by atoms with Gasteiger partial charge >= 0.3 is 0 Å². The van der Waals surface area contributed by atoms with E-state index in [1.807, 2.05) is 0 Å². The Morgan fingerprint density at radius 3 is 2.15 bits per heavy atom. The highest BCUT2D eigenvalue weighted by Crippen LogP contribution is 2.20. The number of hydrogen-bond donors (Lipinski definition) is 5. The zero-order chi connectivity index (χ0) is 24.6. The van der Waals surface area contributed by atoms with Crippen LogP contribution in [0.2, 0.25) is 0 Å². The van der Waals surface area contributed by atoms with Crippen LogP contribution in [0.1, 0.15) is 81.1 Å². The first-order valence-corrected chi connectivity index (χ1v) is 10.8. The van der Waals surface area contributed by atoms with Crippen molar-refractivity contribution in [1.82, 2.24) is 5.43 Å². The number of nitriles is 1. The third kappa shape index (κ3) is 11.9. The predicted octanol–water partition coefficient (Wildman–Crippen LogP) is 2.34. The van der Waals surface area contributed by atoms with Crippen LogP contribution in [0.4, 0.5) is 5.69 Å². The largest absolute Gasteiger partial charge is 0.369 e. The van der Waals surface area contributed by atoms with Crippen molar-refractivity contribution in [2.45, 2.75) is 65.2 Å². The van der Waals surface area contributed by atoms with Gasteiger partial charge in [-0.05, 0) is 44.9 Å². The topological polar surface area (TPSA) is 206 Å². The first-order chi connectivity index (χ1) is 15.7. The molecular weight excluding hydrogens is 420 g/mol. The summed E-state index contributed by atoms with van der Waals surface area (Å²) in [6.45, 7) is 3.21. The lowest BCUT2D eigenvalue weighted by Crippen LogP contribution is -2.29. The third-order valence-electron chi connectivity index (χ3n) is 4.59. The van der Waals surface area contributed by atoms with Gasteiger partial charge in [0.25, 0.3) is 0 Å². The number of guanidine groups is 2. The van der Waals surface area contributed by atoms with Gasteiger partial charge in [0, 0.05) is 24.0 Å². The summed E-state index contributed by atoms with van der Waals surface area (Å²) in [5.41, 5.74) is 26.6. The average Bonchev–Trinajstić information content (AvgIpc) is 2.76. The van der Waals surface area contributed by atoms with Crippen molar-refractivity contribution in [2.24, 2.45) is 43.2 Å². The molecule has 11 nitrogen and oxygen atoms in total. The van der Waals surface area contributed by atoms with Crippen LogP contribution in [0.3, 0.4) is 0 Å². The second-order valence-corrected chi connectivity index (χ2v) is 7.52. The van der Waals surface area contributed by atoms with E-state index in [4.69, 9.17) is 28.2 Å². The molecule has 1 rings (SSSR count). The highest BCUT2D eigenvalue weighted by atomic mass is 16.1. The predicted molar refractivity (Wildman–Crippen MR) is 133 cm³/mol. The monoisotopic (exact) mass is 454 g/mol. The van der Waals surface area contributed by atoms with E-state index in [0.29, 0.717) is 41.2 Å². The smallest absolute Gasteiger partial charge is 0.211 e. The van der Waals surface area contributed by atoms with Crippen LogP contribution in [-0.4, -0.2) is 29.2 Å². The summed E-state index contributed by atoms with van der Waals surface area (Å²) in [6, 6.07) is 7.33. The van der Waals surface area contributed by atoms with Crippen molar-refractivity contribution in [1.29, 1.82) is 5.26 Å². The zero-order valence-corrected chi connectivity index (χ0v) is 19.3. The van der Waals surface area contributed by atoms with E-state index >= 15 is 0 Å². The van der Waals surface area contributed by atoms with Crippen LogP contribution in [0.15, 0.2) is 38.5 Å². The maximum atomic E-state index is 12.0. The van der Waals surface area contributed by atoms with E-state index in [2.05, 4.69) is 31.8 Å². The number of carbonyl (C=O) groups is 1. The minimum Gasteiger partial charge on any atom is -0.369 e. The molecule has 0 aliphatic carbocycles. The number of Topliss-reactive ketones (excluding diaryl/α,β-unsaturated/α-hetero) is 1. The Kier molecular flexibility index (Phi) is 12.3. The molecule has 0 fully saturated rings. The first kappa shape index (κ1) is 27.1. The molecule has 0 aliphatic rings. The van der Waals surface area contributed by atoms with Crippen molar-refractivity contribution in [3.63, 3.8) is 0 Å². The highest BCUT2D eigenvalue weighted by molar-refractivity contribution is 6.03. The van der Waals surface area contributed by atoms with Crippen molar-refractivity contribution < 1.29 is 4.79 Å². The highest BCUT2D eigenvalue weighted by Gasteiger charge is 2.09. The molecule has 0 amide bonds. The number of rotatable bonds is 13. The molecule has 1 aromatic carbocycles. The van der Waals surface area contributed by atoms with Gasteiger partial charge in [-0.15, -0.1) is 10.2 Å². The Morgan fingerprint density at radius 1 is 0.909 bits per heavy atom. The van der Waals surface area contributed by atoms with Gasteiger partial charge in [-0.1, -0.05) is 25.7 Å². The number of carbonyl (C=O) groups excluding carboxylic acids is 1. The summed E-state index contributed by atoms with van der Waals surface area (Å²) >= 11 is 0. The van der Waals surface area contributed by atoms with Gasteiger partial charge < -0.3 is 22.9 Å². The molecule has 9 N–H and O–H groups in total. The minimum atomic E-state index is -0.163. The number of nitrogens with zero attached hydrogens (tertiary/aromatic N) is 5. The number of aliphatic imine (C=N–C) groups is 1. The lowest BCUT2D eigenvalue weighted by molar-refractivity contribution is 0.101. The van der Waals surface area contributed by atoms with Crippen molar-refractivity contribution in [2.75, 3.05) is 0 Å². The number of hydrogen-bond acceptors (Lipinski definition) is 6. The summed E-state index contributed by atoms with van der Waals surface area (Å²) in [5, 5.41) is 20.1. The second-order valence-electron chi connectivity index (χ2n) is 7.52. The molecule has 0 atom stereocenters. The maximum absolute atomic E-state index is 12.0. The van der Waals surface area contributed by atoms with Gasteiger partial charge in [-0.25, -0.2) is 4.99 Å². The molecule has 11 heteroatoms. The number of hydrazone groups is 1. The van der Waals surface area contributed by atoms with Crippen LogP contribution in [0.25, 0.3) is 0 Å². The summed E-state index contributed by atoms with van der Waals surface area (Å²) < 4.78 is 0. The molecule has 0 aliphatic heterocycles. The molecule has 0 radical (unpaired) electrons. The first-order valence-electron chi connectivity index (χ1n) is 10.8. The molecule has 0 heterocycles. The lowest BCUT2D eigenvalue weighted by atomic mass is 10.0. The zero-order valence-electron chi connectivity index (χ0n) is 19.3. The number of benzene rings is 1. The van der Waals surface area contributed by atoms with E-state index in [1.54, 1.807) is 25.1 Å².